The van der Waals surface area contributed by atoms with E-state index in [2.05, 4.69) is 45.5 Å². The highest BCUT2D eigenvalue weighted by molar-refractivity contribution is 5.47. The molecule has 2 aromatic carbocycles. The highest BCUT2D eigenvalue weighted by Crippen LogP contribution is 2.29. The van der Waals surface area contributed by atoms with Crippen LogP contribution in [0.5, 0.6) is 11.5 Å². The van der Waals surface area contributed by atoms with Crippen molar-refractivity contribution in [3.8, 4) is 11.5 Å². The van der Waals surface area contributed by atoms with Crippen LogP contribution in [0.3, 0.4) is 0 Å². The van der Waals surface area contributed by atoms with Crippen LogP contribution >= 0.6 is 0 Å². The van der Waals surface area contributed by atoms with Gasteiger partial charge in [0, 0.05) is 37.9 Å². The Hall–Kier alpha value is -3.09. The van der Waals surface area contributed by atoms with Crippen molar-refractivity contribution in [2.24, 2.45) is 0 Å². The maximum Gasteiger partial charge on any atom is 0.161 e. The Morgan fingerprint density at radius 1 is 0.906 bits per heavy atom. The van der Waals surface area contributed by atoms with Gasteiger partial charge in [-0.1, -0.05) is 42.5 Å². The van der Waals surface area contributed by atoms with Crippen molar-refractivity contribution in [2.75, 3.05) is 37.8 Å². The van der Waals surface area contributed by atoms with Crippen molar-refractivity contribution in [1.82, 2.24) is 10.3 Å². The molecule has 168 valence electrons. The van der Waals surface area contributed by atoms with Crippen LogP contribution in [-0.2, 0) is 24.4 Å². The second-order valence-corrected chi connectivity index (χ2v) is 7.68. The zero-order chi connectivity index (χ0) is 22.0. The van der Waals surface area contributed by atoms with E-state index < -0.39 is 0 Å². The summed E-state index contributed by atoms with van der Waals surface area (Å²) in [5.41, 5.74) is 3.48. The predicted molar refractivity (Wildman–Crippen MR) is 126 cm³/mol. The Kier molecular flexibility index (Phi) is 7.95. The van der Waals surface area contributed by atoms with E-state index >= 15 is 0 Å². The van der Waals surface area contributed by atoms with Crippen LogP contribution in [-0.4, -0.2) is 37.9 Å². The molecule has 0 unspecified atom stereocenters. The molecule has 32 heavy (non-hydrogen) atoms. The van der Waals surface area contributed by atoms with Crippen molar-refractivity contribution in [2.45, 2.75) is 26.6 Å². The molecule has 0 aliphatic carbocycles. The minimum atomic E-state index is 0.518. The second-order valence-electron chi connectivity index (χ2n) is 7.68. The average molecular weight is 434 g/mol. The third-order valence-electron chi connectivity index (χ3n) is 5.37. The van der Waals surface area contributed by atoms with Crippen molar-refractivity contribution < 1.29 is 14.2 Å². The number of ether oxygens (including phenoxy) is 3. The summed E-state index contributed by atoms with van der Waals surface area (Å²) in [6.45, 7) is 7.85. The number of rotatable bonds is 10. The molecule has 1 fully saturated rings. The van der Waals surface area contributed by atoms with Gasteiger partial charge in [-0.3, -0.25) is 0 Å². The minimum Gasteiger partial charge on any atom is -0.490 e. The minimum absolute atomic E-state index is 0.518. The smallest absolute Gasteiger partial charge is 0.161 e. The number of nitrogens with zero attached hydrogens (tertiary/aromatic N) is 2. The van der Waals surface area contributed by atoms with Gasteiger partial charge in [0.15, 0.2) is 11.5 Å². The van der Waals surface area contributed by atoms with Gasteiger partial charge >= 0.3 is 0 Å². The maximum atomic E-state index is 6.02. The van der Waals surface area contributed by atoms with Gasteiger partial charge in [0.25, 0.3) is 0 Å². The molecule has 1 saturated heterocycles. The van der Waals surface area contributed by atoms with Gasteiger partial charge in [0.2, 0.25) is 0 Å². The highest BCUT2D eigenvalue weighted by Gasteiger charge is 2.15. The average Bonchev–Trinajstić information content (AvgIpc) is 2.85. The molecular weight excluding hydrogens is 402 g/mol. The lowest BCUT2D eigenvalue weighted by atomic mass is 10.1. The first-order chi connectivity index (χ1) is 15.8. The lowest BCUT2D eigenvalue weighted by Crippen LogP contribution is -2.37. The van der Waals surface area contributed by atoms with E-state index in [1.54, 1.807) is 0 Å². The summed E-state index contributed by atoms with van der Waals surface area (Å²) in [5, 5.41) is 3.55. The summed E-state index contributed by atoms with van der Waals surface area (Å²) in [6, 6.07) is 20.4. The van der Waals surface area contributed by atoms with Crippen molar-refractivity contribution >= 4 is 5.82 Å². The fourth-order valence-corrected chi connectivity index (χ4v) is 3.75. The monoisotopic (exact) mass is 433 g/mol. The predicted octanol–water partition coefficient (Wildman–Crippen LogP) is 4.19. The van der Waals surface area contributed by atoms with Crippen LogP contribution in [0, 0.1) is 0 Å². The number of benzene rings is 2. The number of pyridine rings is 1. The Bertz CT molecular complexity index is 975. The molecule has 1 aromatic heterocycles. The van der Waals surface area contributed by atoms with Crippen LogP contribution in [0.2, 0.25) is 0 Å². The van der Waals surface area contributed by atoms with Crippen LogP contribution < -0.4 is 19.7 Å². The van der Waals surface area contributed by atoms with E-state index in [0.29, 0.717) is 13.2 Å². The van der Waals surface area contributed by atoms with E-state index in [1.165, 1.54) is 5.56 Å². The molecular formula is C26H31N3O3. The molecule has 2 heterocycles. The van der Waals surface area contributed by atoms with Crippen LogP contribution in [0.1, 0.15) is 23.6 Å². The van der Waals surface area contributed by atoms with Gasteiger partial charge < -0.3 is 24.4 Å². The topological polar surface area (TPSA) is 55.9 Å². The zero-order valence-corrected chi connectivity index (χ0v) is 18.6. The SMILES string of the molecule is CCOc1cc(CNCc2cccnc2N2CCOCC2)ccc1OCc1ccccc1. The molecule has 0 atom stereocenters. The van der Waals surface area contributed by atoms with Crippen LogP contribution in [0.4, 0.5) is 5.82 Å². The Balaban J connectivity index is 1.37. The first-order valence-corrected chi connectivity index (χ1v) is 11.2. The lowest BCUT2D eigenvalue weighted by molar-refractivity contribution is 0.122. The molecule has 1 aliphatic heterocycles. The van der Waals surface area contributed by atoms with E-state index in [-0.39, 0.29) is 0 Å². The first-order valence-electron chi connectivity index (χ1n) is 11.2. The van der Waals surface area contributed by atoms with E-state index in [1.807, 2.05) is 43.5 Å². The molecule has 0 amide bonds. The van der Waals surface area contributed by atoms with Crippen molar-refractivity contribution in [3.63, 3.8) is 0 Å². The molecule has 6 nitrogen and oxygen atoms in total. The van der Waals surface area contributed by atoms with E-state index in [0.717, 1.165) is 67.8 Å². The zero-order valence-electron chi connectivity index (χ0n) is 18.6. The number of hydrogen-bond acceptors (Lipinski definition) is 6. The fraction of sp³-hybridized carbons (Fsp3) is 0.346. The summed E-state index contributed by atoms with van der Waals surface area (Å²) in [6.07, 6.45) is 1.86. The van der Waals surface area contributed by atoms with Gasteiger partial charge in [-0.2, -0.15) is 0 Å². The molecule has 6 heteroatoms. The van der Waals surface area contributed by atoms with Gasteiger partial charge in [-0.15, -0.1) is 0 Å². The van der Waals surface area contributed by atoms with Gasteiger partial charge in [0.1, 0.15) is 12.4 Å². The summed E-state index contributed by atoms with van der Waals surface area (Å²) >= 11 is 0. The van der Waals surface area contributed by atoms with Gasteiger partial charge in [-0.25, -0.2) is 4.98 Å². The standard InChI is InChI=1S/C26H31N3O3/c1-2-31-25-17-22(10-11-24(25)32-20-21-7-4-3-5-8-21)18-27-19-23-9-6-12-28-26(23)29-13-15-30-16-14-29/h3-12,17,27H,2,13-16,18-20H2,1H3. The van der Waals surface area contributed by atoms with Gasteiger partial charge in [-0.05, 0) is 36.2 Å². The Morgan fingerprint density at radius 2 is 1.75 bits per heavy atom. The quantitative estimate of drug-likeness (QED) is 0.518. The summed E-state index contributed by atoms with van der Waals surface area (Å²) in [5.74, 6) is 2.59. The molecule has 4 rings (SSSR count). The normalized spacial score (nSPS) is 13.7. The number of nitrogens with one attached hydrogen (secondary N) is 1. The number of morpholine rings is 1. The number of anilines is 1. The Labute approximate surface area is 190 Å². The summed E-state index contributed by atoms with van der Waals surface area (Å²) < 4.78 is 17.3. The van der Waals surface area contributed by atoms with Crippen molar-refractivity contribution in [3.05, 3.63) is 83.6 Å². The van der Waals surface area contributed by atoms with Crippen LogP contribution in [0.15, 0.2) is 66.9 Å². The third-order valence-corrected chi connectivity index (χ3v) is 5.37. The Morgan fingerprint density at radius 3 is 2.56 bits per heavy atom. The summed E-state index contributed by atoms with van der Waals surface area (Å²) in [7, 11) is 0. The molecule has 0 saturated carbocycles. The molecule has 3 aromatic rings. The number of aromatic nitrogens is 1. The van der Waals surface area contributed by atoms with E-state index in [9.17, 15) is 0 Å². The van der Waals surface area contributed by atoms with Crippen molar-refractivity contribution in [1.29, 1.82) is 0 Å². The first kappa shape index (κ1) is 22.1. The fourth-order valence-electron chi connectivity index (χ4n) is 3.75. The largest absolute Gasteiger partial charge is 0.490 e. The van der Waals surface area contributed by atoms with Crippen LogP contribution in [0.25, 0.3) is 0 Å². The van der Waals surface area contributed by atoms with Gasteiger partial charge in [0.05, 0.1) is 19.8 Å². The molecule has 1 aliphatic rings. The molecule has 0 bridgehead atoms. The third kappa shape index (κ3) is 5.99. The number of hydrogen-bond donors (Lipinski definition) is 1. The van der Waals surface area contributed by atoms with E-state index in [4.69, 9.17) is 14.2 Å². The molecule has 0 spiro atoms. The summed E-state index contributed by atoms with van der Waals surface area (Å²) in [4.78, 5) is 6.92. The maximum absolute atomic E-state index is 6.02. The molecule has 0 radical (unpaired) electrons. The second kappa shape index (κ2) is 11.5. The lowest BCUT2D eigenvalue weighted by Gasteiger charge is -2.29. The highest BCUT2D eigenvalue weighted by atomic mass is 16.5. The molecule has 1 N–H and O–H groups in total.